The third-order valence-electron chi connectivity index (χ3n) is 3.36. The molecule has 2 aromatic rings. The van der Waals surface area contributed by atoms with Crippen molar-refractivity contribution in [2.24, 2.45) is 0 Å². The Hall–Kier alpha value is -1.19. The smallest absolute Gasteiger partial charge is 0.123 e. The molecule has 1 unspecified atom stereocenters. The maximum absolute atomic E-state index is 13.2. The Morgan fingerprint density at radius 1 is 1.05 bits per heavy atom. The van der Waals surface area contributed by atoms with Crippen LogP contribution in [0.2, 0.25) is 0 Å². The van der Waals surface area contributed by atoms with Crippen LogP contribution in [0.3, 0.4) is 0 Å². The van der Waals surface area contributed by atoms with E-state index in [0.717, 1.165) is 21.2 Å². The minimum atomic E-state index is -0.193. The second-order valence-corrected chi connectivity index (χ2v) is 5.59. The quantitative estimate of drug-likeness (QED) is 0.876. The Balaban J connectivity index is 2.46. The van der Waals surface area contributed by atoms with E-state index in [1.807, 2.05) is 20.0 Å². The Kier molecular flexibility index (Phi) is 4.38. The van der Waals surface area contributed by atoms with E-state index < -0.39 is 0 Å². The van der Waals surface area contributed by atoms with Crippen molar-refractivity contribution in [1.29, 1.82) is 0 Å². The topological polar surface area (TPSA) is 12.0 Å². The molecule has 0 spiro atoms. The Labute approximate surface area is 122 Å². The minimum absolute atomic E-state index is 0.0671. The largest absolute Gasteiger partial charge is 0.309 e. The van der Waals surface area contributed by atoms with E-state index in [9.17, 15) is 4.39 Å². The Bertz CT molecular complexity index is 595. The zero-order valence-corrected chi connectivity index (χ0v) is 12.9. The lowest BCUT2D eigenvalue weighted by Gasteiger charge is -2.20. The van der Waals surface area contributed by atoms with E-state index in [1.165, 1.54) is 11.6 Å². The molecule has 1 N–H and O–H groups in total. The molecule has 1 nitrogen and oxygen atoms in total. The van der Waals surface area contributed by atoms with Gasteiger partial charge in [-0.3, -0.25) is 0 Å². The van der Waals surface area contributed by atoms with Crippen LogP contribution in [0.1, 0.15) is 28.3 Å². The van der Waals surface area contributed by atoms with Crippen molar-refractivity contribution in [2.45, 2.75) is 19.9 Å². The van der Waals surface area contributed by atoms with Gasteiger partial charge in [-0.1, -0.05) is 34.1 Å². The van der Waals surface area contributed by atoms with Crippen LogP contribution in [0.15, 0.2) is 40.9 Å². The molecule has 0 aliphatic rings. The average molecular weight is 322 g/mol. The number of hydrogen-bond donors (Lipinski definition) is 1. The number of hydrogen-bond acceptors (Lipinski definition) is 1. The Morgan fingerprint density at radius 3 is 2.37 bits per heavy atom. The van der Waals surface area contributed by atoms with E-state index in [1.54, 1.807) is 6.07 Å². The van der Waals surface area contributed by atoms with Crippen LogP contribution >= 0.6 is 15.9 Å². The molecule has 0 aromatic heterocycles. The number of aryl methyl sites for hydroxylation is 2. The summed E-state index contributed by atoms with van der Waals surface area (Å²) in [4.78, 5) is 0. The minimum Gasteiger partial charge on any atom is -0.309 e. The molecule has 2 aromatic carbocycles. The second kappa shape index (κ2) is 5.85. The molecule has 0 amide bonds. The highest BCUT2D eigenvalue weighted by Crippen LogP contribution is 2.28. The molecule has 1 atom stereocenters. The van der Waals surface area contributed by atoms with Crippen LogP contribution in [-0.2, 0) is 0 Å². The summed E-state index contributed by atoms with van der Waals surface area (Å²) in [6.45, 7) is 4.00. The van der Waals surface area contributed by atoms with Crippen molar-refractivity contribution in [3.63, 3.8) is 0 Å². The number of benzene rings is 2. The second-order valence-electron chi connectivity index (χ2n) is 4.73. The molecule has 2 rings (SSSR count). The van der Waals surface area contributed by atoms with Gasteiger partial charge in [-0.15, -0.1) is 0 Å². The van der Waals surface area contributed by atoms with Crippen LogP contribution in [0.4, 0.5) is 4.39 Å². The van der Waals surface area contributed by atoms with Gasteiger partial charge in [0.2, 0.25) is 0 Å². The van der Waals surface area contributed by atoms with Gasteiger partial charge < -0.3 is 5.32 Å². The lowest BCUT2D eigenvalue weighted by atomic mass is 9.94. The first-order valence-corrected chi connectivity index (χ1v) is 7.01. The van der Waals surface area contributed by atoms with Gasteiger partial charge in [-0.05, 0) is 61.3 Å². The van der Waals surface area contributed by atoms with Crippen molar-refractivity contribution in [1.82, 2.24) is 5.32 Å². The molecular formula is C16H17BrFN. The Morgan fingerprint density at radius 2 is 1.79 bits per heavy atom. The van der Waals surface area contributed by atoms with E-state index in [-0.39, 0.29) is 11.9 Å². The summed E-state index contributed by atoms with van der Waals surface area (Å²) in [5.74, 6) is -0.193. The van der Waals surface area contributed by atoms with Crippen LogP contribution in [0, 0.1) is 19.7 Å². The van der Waals surface area contributed by atoms with E-state index >= 15 is 0 Å². The number of halogens is 2. The van der Waals surface area contributed by atoms with Crippen LogP contribution in [0.25, 0.3) is 0 Å². The van der Waals surface area contributed by atoms with E-state index in [0.29, 0.717) is 0 Å². The van der Waals surface area contributed by atoms with Crippen LogP contribution < -0.4 is 5.32 Å². The summed E-state index contributed by atoms with van der Waals surface area (Å²) in [6, 6.07) is 11.3. The highest BCUT2D eigenvalue weighted by molar-refractivity contribution is 9.10. The summed E-state index contributed by atoms with van der Waals surface area (Å²) >= 11 is 3.56. The van der Waals surface area contributed by atoms with Gasteiger partial charge in [0, 0.05) is 4.47 Å². The van der Waals surface area contributed by atoms with Crippen LogP contribution in [0.5, 0.6) is 0 Å². The molecule has 0 saturated heterocycles. The molecule has 100 valence electrons. The molecular weight excluding hydrogens is 305 g/mol. The molecule has 3 heteroatoms. The molecule has 0 bridgehead atoms. The van der Waals surface area contributed by atoms with Crippen molar-refractivity contribution in [3.8, 4) is 0 Å². The standard InChI is InChI=1S/C16H17BrFN/c1-10-4-5-12(9-15(10)17)16(19-3)14-7-6-13(18)8-11(14)2/h4-9,16,19H,1-3H3. The third kappa shape index (κ3) is 3.04. The van der Waals surface area contributed by atoms with Crippen molar-refractivity contribution in [2.75, 3.05) is 7.05 Å². The molecule has 0 aliphatic carbocycles. The maximum atomic E-state index is 13.2. The predicted molar refractivity (Wildman–Crippen MR) is 80.9 cm³/mol. The monoisotopic (exact) mass is 321 g/mol. The summed E-state index contributed by atoms with van der Waals surface area (Å²) < 4.78 is 14.3. The zero-order valence-electron chi connectivity index (χ0n) is 11.3. The fourth-order valence-electron chi connectivity index (χ4n) is 2.25. The van der Waals surface area contributed by atoms with Crippen LogP contribution in [-0.4, -0.2) is 7.05 Å². The molecule has 0 heterocycles. The first kappa shape index (κ1) is 14.2. The first-order chi connectivity index (χ1) is 9.02. The van der Waals surface area contributed by atoms with Crippen molar-refractivity contribution < 1.29 is 4.39 Å². The highest BCUT2D eigenvalue weighted by atomic mass is 79.9. The van der Waals surface area contributed by atoms with Gasteiger partial charge in [0.05, 0.1) is 6.04 Å². The first-order valence-electron chi connectivity index (χ1n) is 6.22. The SMILES string of the molecule is CNC(c1ccc(C)c(Br)c1)c1ccc(F)cc1C. The molecule has 0 saturated carbocycles. The molecule has 19 heavy (non-hydrogen) atoms. The molecule has 0 radical (unpaired) electrons. The van der Waals surface area contributed by atoms with Gasteiger partial charge in [0.1, 0.15) is 5.82 Å². The lowest BCUT2D eigenvalue weighted by molar-refractivity contribution is 0.621. The predicted octanol–water partition coefficient (Wildman–Crippen LogP) is 4.51. The van der Waals surface area contributed by atoms with Gasteiger partial charge in [-0.25, -0.2) is 4.39 Å². The van der Waals surface area contributed by atoms with Gasteiger partial charge in [0.25, 0.3) is 0 Å². The fraction of sp³-hybridized carbons (Fsp3) is 0.250. The highest BCUT2D eigenvalue weighted by Gasteiger charge is 2.15. The summed E-state index contributed by atoms with van der Waals surface area (Å²) in [5, 5.41) is 3.30. The summed E-state index contributed by atoms with van der Waals surface area (Å²) in [5.41, 5.74) is 4.42. The van der Waals surface area contributed by atoms with E-state index in [4.69, 9.17) is 0 Å². The lowest BCUT2D eigenvalue weighted by Crippen LogP contribution is -2.18. The zero-order chi connectivity index (χ0) is 14.0. The van der Waals surface area contributed by atoms with Crippen molar-refractivity contribution >= 4 is 15.9 Å². The van der Waals surface area contributed by atoms with Gasteiger partial charge in [0.15, 0.2) is 0 Å². The number of rotatable bonds is 3. The van der Waals surface area contributed by atoms with Gasteiger partial charge >= 0.3 is 0 Å². The number of nitrogens with one attached hydrogen (secondary N) is 1. The summed E-state index contributed by atoms with van der Waals surface area (Å²) in [6.07, 6.45) is 0. The normalized spacial score (nSPS) is 12.5. The molecule has 0 fully saturated rings. The third-order valence-corrected chi connectivity index (χ3v) is 4.22. The van der Waals surface area contributed by atoms with Crippen molar-refractivity contribution in [3.05, 3.63) is 68.9 Å². The maximum Gasteiger partial charge on any atom is 0.123 e. The summed E-state index contributed by atoms with van der Waals surface area (Å²) in [7, 11) is 1.92. The fourth-order valence-corrected chi connectivity index (χ4v) is 2.65. The molecule has 0 aliphatic heterocycles. The van der Waals surface area contributed by atoms with E-state index in [2.05, 4.69) is 46.4 Å². The van der Waals surface area contributed by atoms with Gasteiger partial charge in [-0.2, -0.15) is 0 Å². The average Bonchev–Trinajstić information content (AvgIpc) is 2.37.